The average molecular weight is 460 g/mol. The minimum Gasteiger partial charge on any atom is -0.448 e. The summed E-state index contributed by atoms with van der Waals surface area (Å²) in [5.41, 5.74) is 2.50. The van der Waals surface area contributed by atoms with Crippen LogP contribution in [0.2, 0.25) is 0 Å². The molecule has 0 aromatic heterocycles. The quantitative estimate of drug-likeness (QED) is 0.598. The van der Waals surface area contributed by atoms with Gasteiger partial charge in [-0.2, -0.15) is 16.8 Å². The zero-order valence-corrected chi connectivity index (χ0v) is 17.9. The summed E-state index contributed by atoms with van der Waals surface area (Å²) in [6, 6.07) is 17.3. The van der Waals surface area contributed by atoms with Gasteiger partial charge >= 0.3 is 6.09 Å². The van der Waals surface area contributed by atoms with E-state index in [1.807, 2.05) is 0 Å². The van der Waals surface area contributed by atoms with Crippen LogP contribution in [0.5, 0.6) is 0 Å². The molecule has 31 heavy (non-hydrogen) atoms. The van der Waals surface area contributed by atoms with Gasteiger partial charge in [0.1, 0.15) is 4.90 Å². The number of nitrogens with zero attached hydrogens (tertiary/aromatic N) is 2. The van der Waals surface area contributed by atoms with Crippen molar-refractivity contribution in [2.45, 2.75) is 16.7 Å². The molecule has 1 amide bonds. The Morgan fingerprint density at radius 3 is 2.48 bits per heavy atom. The van der Waals surface area contributed by atoms with Gasteiger partial charge in [-0.3, -0.25) is 5.43 Å². The van der Waals surface area contributed by atoms with E-state index in [-0.39, 0.29) is 32.2 Å². The van der Waals surface area contributed by atoms with Gasteiger partial charge in [0.05, 0.1) is 11.5 Å². The first kappa shape index (κ1) is 20.8. The Morgan fingerprint density at radius 1 is 1.03 bits per heavy atom. The molecule has 0 bridgehead atoms. The van der Waals surface area contributed by atoms with Gasteiger partial charge in [-0.05, 0) is 30.5 Å². The number of carbonyl (C=O) groups is 1. The molecule has 0 atom stereocenters. The molecule has 4 rings (SSSR count). The standard InChI is InChI=1S/C20H17N3O6S2/c1-2-29-20(24)23(21-19-16-11-5-6-12-17(16)30(25,26)22-19)31(27,28)18-13-7-9-14-8-3-4-10-15(14)18/h3-13H,2H2,1H3,(H,21,22). The lowest BCUT2D eigenvalue weighted by molar-refractivity contribution is 0.125. The van der Waals surface area contributed by atoms with Crippen LogP contribution in [0.1, 0.15) is 12.5 Å². The van der Waals surface area contributed by atoms with Crippen LogP contribution < -0.4 is 5.43 Å². The van der Waals surface area contributed by atoms with E-state index in [1.165, 1.54) is 31.2 Å². The molecule has 0 fully saturated rings. The molecule has 3 aromatic carbocycles. The van der Waals surface area contributed by atoms with Crippen LogP contribution >= 0.6 is 0 Å². The van der Waals surface area contributed by atoms with E-state index >= 15 is 0 Å². The second-order valence-electron chi connectivity index (χ2n) is 6.47. The predicted molar refractivity (Wildman–Crippen MR) is 113 cm³/mol. The van der Waals surface area contributed by atoms with E-state index in [0.717, 1.165) is 0 Å². The number of hydrazine groups is 1. The number of hydrogen-bond donors (Lipinski definition) is 1. The van der Waals surface area contributed by atoms with Gasteiger partial charge in [0.25, 0.3) is 20.0 Å². The molecule has 0 unspecified atom stereocenters. The number of amidine groups is 1. The summed E-state index contributed by atoms with van der Waals surface area (Å²) in [7, 11) is -8.54. The number of nitrogens with one attached hydrogen (secondary N) is 1. The Balaban J connectivity index is 1.84. The number of rotatable bonds is 3. The molecular formula is C20H17N3O6S2. The lowest BCUT2D eigenvalue weighted by Gasteiger charge is -2.23. The molecule has 0 aliphatic carbocycles. The number of sulfonamides is 2. The minimum atomic E-state index is -4.50. The molecular weight excluding hydrogens is 442 g/mol. The van der Waals surface area contributed by atoms with Gasteiger partial charge in [-0.25, -0.2) is 4.79 Å². The van der Waals surface area contributed by atoms with Crippen molar-refractivity contribution in [1.29, 1.82) is 0 Å². The highest BCUT2D eigenvalue weighted by atomic mass is 32.2. The van der Waals surface area contributed by atoms with Crippen molar-refractivity contribution >= 4 is 42.7 Å². The predicted octanol–water partition coefficient (Wildman–Crippen LogP) is 2.64. The fourth-order valence-corrected chi connectivity index (χ4v) is 5.73. The van der Waals surface area contributed by atoms with Crippen molar-refractivity contribution in [2.24, 2.45) is 4.40 Å². The van der Waals surface area contributed by atoms with Crippen LogP contribution in [0.15, 0.2) is 80.9 Å². The summed E-state index contributed by atoms with van der Waals surface area (Å²) in [5.74, 6) is -0.299. The van der Waals surface area contributed by atoms with Crippen molar-refractivity contribution in [3.8, 4) is 0 Å². The average Bonchev–Trinajstić information content (AvgIpc) is 3.02. The van der Waals surface area contributed by atoms with E-state index in [1.54, 1.807) is 42.5 Å². The lowest BCUT2D eigenvalue weighted by atomic mass is 10.1. The number of benzene rings is 3. The number of amides is 1. The normalized spacial score (nSPS) is 14.5. The molecule has 160 valence electrons. The maximum Gasteiger partial charge on any atom is 0.443 e. The molecule has 1 aliphatic heterocycles. The van der Waals surface area contributed by atoms with Crippen LogP contribution in [0.3, 0.4) is 0 Å². The molecule has 0 spiro atoms. The Bertz CT molecular complexity index is 1430. The summed E-state index contributed by atoms with van der Waals surface area (Å²) in [5, 5.41) is 1.04. The van der Waals surface area contributed by atoms with Crippen molar-refractivity contribution in [1.82, 2.24) is 9.84 Å². The monoisotopic (exact) mass is 459 g/mol. The number of carbonyl (C=O) groups excluding carboxylic acids is 1. The summed E-state index contributed by atoms with van der Waals surface area (Å²) in [6.45, 7) is 1.43. The number of fused-ring (bicyclic) bond motifs is 2. The van der Waals surface area contributed by atoms with Crippen LogP contribution in [0.4, 0.5) is 4.79 Å². The van der Waals surface area contributed by atoms with Crippen LogP contribution in [-0.4, -0.2) is 39.8 Å². The molecule has 0 saturated heterocycles. The fourth-order valence-electron chi connectivity index (χ4n) is 3.19. The first-order valence-corrected chi connectivity index (χ1v) is 12.0. The van der Waals surface area contributed by atoms with E-state index in [4.69, 9.17) is 4.74 Å². The molecule has 1 heterocycles. The highest BCUT2D eigenvalue weighted by molar-refractivity contribution is 7.91. The fraction of sp³-hybridized carbons (Fsp3) is 0.100. The second-order valence-corrected chi connectivity index (χ2v) is 9.80. The lowest BCUT2D eigenvalue weighted by Crippen LogP contribution is -2.50. The van der Waals surface area contributed by atoms with Gasteiger partial charge in [0, 0.05) is 10.9 Å². The highest BCUT2D eigenvalue weighted by Gasteiger charge is 2.37. The molecule has 1 aliphatic rings. The molecule has 11 heteroatoms. The van der Waals surface area contributed by atoms with Gasteiger partial charge in [0.2, 0.25) is 0 Å². The Hall–Kier alpha value is -3.44. The summed E-state index contributed by atoms with van der Waals surface area (Å²) in [6.07, 6.45) is -1.22. The first-order valence-electron chi connectivity index (χ1n) is 9.16. The van der Waals surface area contributed by atoms with Crippen LogP contribution in [0.25, 0.3) is 10.8 Å². The number of hydrogen-bond acceptors (Lipinski definition) is 7. The summed E-state index contributed by atoms with van der Waals surface area (Å²) < 4.78 is 60.4. The van der Waals surface area contributed by atoms with Crippen molar-refractivity contribution < 1.29 is 26.4 Å². The third-order valence-corrected chi connectivity index (χ3v) is 7.51. The largest absolute Gasteiger partial charge is 0.448 e. The van der Waals surface area contributed by atoms with Crippen molar-refractivity contribution in [3.05, 3.63) is 72.3 Å². The smallest absolute Gasteiger partial charge is 0.443 e. The van der Waals surface area contributed by atoms with Crippen molar-refractivity contribution in [3.63, 3.8) is 0 Å². The molecule has 0 saturated carbocycles. The molecule has 1 N–H and O–H groups in total. The third-order valence-electron chi connectivity index (χ3n) is 4.54. The van der Waals surface area contributed by atoms with Gasteiger partial charge < -0.3 is 4.74 Å². The van der Waals surface area contributed by atoms with E-state index < -0.39 is 26.1 Å². The molecule has 0 radical (unpaired) electrons. The maximum absolute atomic E-state index is 13.5. The number of ether oxygens (including phenoxy) is 1. The van der Waals surface area contributed by atoms with Gasteiger partial charge in [-0.15, -0.1) is 8.81 Å². The Labute approximate surface area is 179 Å². The van der Waals surface area contributed by atoms with E-state index in [0.29, 0.717) is 10.8 Å². The molecule has 3 aromatic rings. The second kappa shape index (κ2) is 7.67. The van der Waals surface area contributed by atoms with Crippen LogP contribution in [0, 0.1) is 0 Å². The van der Waals surface area contributed by atoms with Gasteiger partial charge in [0.15, 0.2) is 5.84 Å². The first-order chi connectivity index (χ1) is 14.8. The maximum atomic E-state index is 13.5. The van der Waals surface area contributed by atoms with Gasteiger partial charge in [-0.1, -0.05) is 48.5 Å². The zero-order valence-electron chi connectivity index (χ0n) is 16.2. The SMILES string of the molecule is CCOC(=O)N(NC1=NS(=O)(=O)c2ccccc21)S(=O)(=O)c1cccc2ccccc12. The molecule has 9 nitrogen and oxygen atoms in total. The third kappa shape index (κ3) is 3.62. The Morgan fingerprint density at radius 2 is 1.71 bits per heavy atom. The van der Waals surface area contributed by atoms with Crippen LogP contribution in [-0.2, 0) is 24.8 Å². The zero-order chi connectivity index (χ0) is 22.2. The minimum absolute atomic E-state index is 0.0936. The highest BCUT2D eigenvalue weighted by Crippen LogP contribution is 2.28. The Kier molecular flexibility index (Phi) is 5.15. The topological polar surface area (TPSA) is 122 Å². The van der Waals surface area contributed by atoms with E-state index in [9.17, 15) is 21.6 Å². The summed E-state index contributed by atoms with van der Waals surface area (Å²) in [4.78, 5) is 12.4. The van der Waals surface area contributed by atoms with Crippen molar-refractivity contribution in [2.75, 3.05) is 6.61 Å². The summed E-state index contributed by atoms with van der Waals surface area (Å²) >= 11 is 0. The van der Waals surface area contributed by atoms with E-state index in [2.05, 4.69) is 9.82 Å².